The predicted molar refractivity (Wildman–Crippen MR) is 134 cm³/mol. The second-order valence-electron chi connectivity index (χ2n) is 12.4. The van der Waals surface area contributed by atoms with Crippen LogP contribution in [0.15, 0.2) is 18.5 Å². The maximum atomic E-state index is 14.0. The van der Waals surface area contributed by atoms with Gasteiger partial charge in [0, 0.05) is 25.2 Å². The Morgan fingerprint density at radius 1 is 1.02 bits per heavy atom. The second-order valence-corrected chi connectivity index (χ2v) is 12.4. The number of hydrogen-bond acceptors (Lipinski definition) is 4. The number of carbonyl (C=O) groups is 2. The Labute approximate surface area is 228 Å². The molecular weight excluding hydrogens is 533 g/mol. The topological polar surface area (TPSA) is 88.4 Å². The maximum Gasteiger partial charge on any atom is 0.389 e. The molecule has 2 aromatic heterocycles. The third-order valence-electron chi connectivity index (χ3n) is 9.47. The first kappa shape index (κ1) is 27.4. The summed E-state index contributed by atoms with van der Waals surface area (Å²) in [5, 5.41) is 10.3. The lowest BCUT2D eigenvalue weighted by Gasteiger charge is -2.34. The molecular formula is C28H34F5N5O2. The molecule has 4 aliphatic carbocycles. The number of aromatic nitrogens is 3. The molecule has 6 rings (SSSR count). The number of nitrogens with one attached hydrogen (secondary N) is 2. The molecule has 2 aromatic rings. The van der Waals surface area contributed by atoms with E-state index in [1.165, 1.54) is 0 Å². The Bertz CT molecular complexity index is 1280. The molecule has 2 N–H and O–H groups in total. The van der Waals surface area contributed by atoms with Gasteiger partial charge in [0.1, 0.15) is 0 Å². The van der Waals surface area contributed by atoms with Crippen LogP contribution in [0.2, 0.25) is 0 Å². The lowest BCUT2D eigenvalue weighted by molar-refractivity contribution is -0.144. The van der Waals surface area contributed by atoms with Gasteiger partial charge in [0.25, 0.3) is 0 Å². The molecule has 7 nitrogen and oxygen atoms in total. The van der Waals surface area contributed by atoms with Crippen LogP contribution in [0, 0.1) is 23.2 Å². The van der Waals surface area contributed by atoms with E-state index in [1.807, 2.05) is 0 Å². The summed E-state index contributed by atoms with van der Waals surface area (Å²) in [6.07, 6.45) is 2.95. The van der Waals surface area contributed by atoms with E-state index in [1.54, 1.807) is 23.0 Å². The first-order valence-electron chi connectivity index (χ1n) is 14.3. The highest BCUT2D eigenvalue weighted by atomic mass is 19.4. The summed E-state index contributed by atoms with van der Waals surface area (Å²) >= 11 is 0. The Morgan fingerprint density at radius 3 is 2.33 bits per heavy atom. The summed E-state index contributed by atoms with van der Waals surface area (Å²) in [5.41, 5.74) is 1.79. The first-order chi connectivity index (χ1) is 18.9. The smallest absolute Gasteiger partial charge is 0.349 e. The molecule has 2 amide bonds. The van der Waals surface area contributed by atoms with Gasteiger partial charge in [-0.05, 0) is 73.8 Å². The van der Waals surface area contributed by atoms with Crippen LogP contribution in [0.5, 0.6) is 0 Å². The molecule has 0 bridgehead atoms. The van der Waals surface area contributed by atoms with Gasteiger partial charge in [0.05, 0.1) is 36.6 Å². The fourth-order valence-corrected chi connectivity index (χ4v) is 6.62. The zero-order valence-corrected chi connectivity index (χ0v) is 22.2. The fourth-order valence-electron chi connectivity index (χ4n) is 6.62. The number of carbonyl (C=O) groups excluding carboxylic acids is 2. The van der Waals surface area contributed by atoms with E-state index in [9.17, 15) is 31.5 Å². The molecule has 4 fully saturated rings. The van der Waals surface area contributed by atoms with Crippen molar-refractivity contribution in [3.8, 4) is 0 Å². The average Bonchev–Trinajstić information content (AvgIpc) is 3.79. The normalized spacial score (nSPS) is 25.3. The molecule has 2 heterocycles. The third-order valence-corrected chi connectivity index (χ3v) is 9.47. The predicted octanol–water partition coefficient (Wildman–Crippen LogP) is 5.81. The molecule has 218 valence electrons. The fraction of sp³-hybridized carbons (Fsp3) is 0.714. The SMILES string of the molecule is O=C(CCC(F)(F)F)N[C@@H](c1cnn2cc([C@@H](NC(=O)C3CC34CCC4)C3CCC(F)(F)CC3)nc2c1)C1CC1. The summed E-state index contributed by atoms with van der Waals surface area (Å²) in [7, 11) is 0. The quantitative estimate of drug-likeness (QED) is 0.375. The molecule has 4 aliphatic rings. The lowest BCUT2D eigenvalue weighted by atomic mass is 9.79. The highest BCUT2D eigenvalue weighted by molar-refractivity contribution is 5.83. The zero-order valence-electron chi connectivity index (χ0n) is 22.2. The number of fused-ring (bicyclic) bond motifs is 1. The number of amides is 2. The van der Waals surface area contributed by atoms with Crippen LogP contribution in [-0.4, -0.2) is 38.5 Å². The molecule has 40 heavy (non-hydrogen) atoms. The van der Waals surface area contributed by atoms with Gasteiger partial charge >= 0.3 is 6.18 Å². The zero-order chi connectivity index (χ0) is 28.3. The maximum absolute atomic E-state index is 14.0. The van der Waals surface area contributed by atoms with E-state index < -0.39 is 42.9 Å². The summed E-state index contributed by atoms with van der Waals surface area (Å²) < 4.78 is 67.2. The Kier molecular flexibility index (Phi) is 6.80. The average molecular weight is 568 g/mol. The van der Waals surface area contributed by atoms with Gasteiger partial charge in [-0.1, -0.05) is 6.42 Å². The third kappa shape index (κ3) is 5.81. The standard InChI is InChI=1S/C28H34F5N5O2/c29-27(30)9-4-17(5-10-27)24(37-25(40)19-13-26(19)7-1-8-26)20-15-38-21(35-20)12-18(14-34-38)23(16-2-3-16)36-22(39)6-11-28(31,32)33/h12,14-17,19,23-24H,1-11,13H2,(H,36,39)(H,37,40)/t19?,23-,24+/m1/s1. The van der Waals surface area contributed by atoms with Gasteiger partial charge in [-0.25, -0.2) is 18.3 Å². The second kappa shape index (κ2) is 9.94. The minimum atomic E-state index is -4.41. The van der Waals surface area contributed by atoms with Gasteiger partial charge in [0.2, 0.25) is 17.7 Å². The van der Waals surface area contributed by atoms with Gasteiger partial charge < -0.3 is 10.6 Å². The van der Waals surface area contributed by atoms with Gasteiger partial charge in [-0.2, -0.15) is 18.3 Å². The number of halogens is 5. The van der Waals surface area contributed by atoms with Gasteiger partial charge in [-0.3, -0.25) is 9.59 Å². The van der Waals surface area contributed by atoms with Crippen LogP contribution in [0.3, 0.4) is 0 Å². The van der Waals surface area contributed by atoms with Crippen molar-refractivity contribution >= 4 is 17.5 Å². The molecule has 0 saturated heterocycles. The van der Waals surface area contributed by atoms with Crippen LogP contribution in [0.25, 0.3) is 5.65 Å². The van der Waals surface area contributed by atoms with Gasteiger partial charge in [0.15, 0.2) is 5.65 Å². The van der Waals surface area contributed by atoms with Crippen LogP contribution < -0.4 is 10.6 Å². The number of imidazole rings is 1. The van der Waals surface area contributed by atoms with Crippen LogP contribution in [-0.2, 0) is 9.59 Å². The van der Waals surface area contributed by atoms with Crippen molar-refractivity contribution in [3.05, 3.63) is 29.7 Å². The van der Waals surface area contributed by atoms with Crippen molar-refractivity contribution in [1.29, 1.82) is 0 Å². The van der Waals surface area contributed by atoms with Crippen molar-refractivity contribution in [3.63, 3.8) is 0 Å². The van der Waals surface area contributed by atoms with Crippen molar-refractivity contribution in [2.24, 2.45) is 23.2 Å². The summed E-state index contributed by atoms with van der Waals surface area (Å²) in [6, 6.07) is 0.762. The monoisotopic (exact) mass is 567 g/mol. The number of nitrogens with zero attached hydrogens (tertiary/aromatic N) is 3. The Balaban J connectivity index is 1.22. The van der Waals surface area contributed by atoms with E-state index in [2.05, 4.69) is 15.7 Å². The largest absolute Gasteiger partial charge is 0.389 e. The van der Waals surface area contributed by atoms with Crippen LogP contribution >= 0.6 is 0 Å². The van der Waals surface area contributed by atoms with Gasteiger partial charge in [-0.15, -0.1) is 0 Å². The molecule has 0 aromatic carbocycles. The lowest BCUT2D eigenvalue weighted by Crippen LogP contribution is -2.39. The summed E-state index contributed by atoms with van der Waals surface area (Å²) in [5.74, 6) is -3.51. The highest BCUT2D eigenvalue weighted by Gasteiger charge is 2.61. The summed E-state index contributed by atoms with van der Waals surface area (Å²) in [6.45, 7) is 0. The highest BCUT2D eigenvalue weighted by Crippen LogP contribution is 2.65. The van der Waals surface area contributed by atoms with E-state index in [0.29, 0.717) is 16.9 Å². The van der Waals surface area contributed by atoms with Crippen molar-refractivity contribution in [2.45, 2.75) is 101 Å². The molecule has 3 atom stereocenters. The minimum absolute atomic E-state index is 0.0317. The van der Waals surface area contributed by atoms with Crippen molar-refractivity contribution in [1.82, 2.24) is 25.2 Å². The number of rotatable bonds is 9. The molecule has 0 radical (unpaired) electrons. The Hall–Kier alpha value is -2.79. The van der Waals surface area contributed by atoms with E-state index in [0.717, 1.165) is 38.5 Å². The molecule has 12 heteroatoms. The Morgan fingerprint density at radius 2 is 1.73 bits per heavy atom. The van der Waals surface area contributed by atoms with Crippen molar-refractivity contribution < 1.29 is 31.5 Å². The molecule has 1 unspecified atom stereocenters. The molecule has 1 spiro atoms. The summed E-state index contributed by atoms with van der Waals surface area (Å²) in [4.78, 5) is 30.2. The van der Waals surface area contributed by atoms with Crippen molar-refractivity contribution in [2.75, 3.05) is 0 Å². The number of alkyl halides is 5. The van der Waals surface area contributed by atoms with E-state index >= 15 is 0 Å². The van der Waals surface area contributed by atoms with E-state index in [4.69, 9.17) is 4.98 Å². The van der Waals surface area contributed by atoms with Crippen LogP contribution in [0.4, 0.5) is 22.0 Å². The molecule has 4 saturated carbocycles. The molecule has 0 aliphatic heterocycles. The van der Waals surface area contributed by atoms with E-state index in [-0.39, 0.29) is 54.8 Å². The first-order valence-corrected chi connectivity index (χ1v) is 14.3. The number of hydrogen-bond donors (Lipinski definition) is 2. The minimum Gasteiger partial charge on any atom is -0.349 e. The van der Waals surface area contributed by atoms with Crippen LogP contribution in [0.1, 0.15) is 100 Å².